The maximum Gasteiger partial charge on any atom is 0.226 e. The number of likely N-dealkylation sites (tertiary alicyclic amines) is 1. The number of benzene rings is 1. The second-order valence-electron chi connectivity index (χ2n) is 7.10. The Morgan fingerprint density at radius 2 is 1.78 bits per heavy atom. The summed E-state index contributed by atoms with van der Waals surface area (Å²) >= 11 is 0. The maximum absolute atomic E-state index is 12.5. The summed E-state index contributed by atoms with van der Waals surface area (Å²) in [7, 11) is 0. The van der Waals surface area contributed by atoms with E-state index in [1.807, 2.05) is 42.2 Å². The molecule has 1 aliphatic heterocycles. The first-order valence-corrected chi connectivity index (χ1v) is 8.70. The Labute approximate surface area is 138 Å². The van der Waals surface area contributed by atoms with Crippen molar-refractivity contribution in [1.29, 1.82) is 0 Å². The van der Waals surface area contributed by atoms with E-state index >= 15 is 0 Å². The van der Waals surface area contributed by atoms with E-state index in [-0.39, 0.29) is 29.7 Å². The van der Waals surface area contributed by atoms with E-state index in [0.717, 1.165) is 31.5 Å². The molecule has 4 heteroatoms. The lowest BCUT2D eigenvalue weighted by Crippen LogP contribution is -2.40. The van der Waals surface area contributed by atoms with Gasteiger partial charge in [-0.25, -0.2) is 0 Å². The molecule has 1 heterocycles. The lowest BCUT2D eigenvalue weighted by atomic mass is 9.99. The number of carbonyl (C=O) groups excluding carboxylic acids is 2. The van der Waals surface area contributed by atoms with E-state index in [4.69, 9.17) is 0 Å². The number of carbonyl (C=O) groups is 2. The summed E-state index contributed by atoms with van der Waals surface area (Å²) in [4.78, 5) is 26.8. The molecule has 1 aromatic carbocycles. The van der Waals surface area contributed by atoms with Gasteiger partial charge in [0.05, 0.1) is 17.9 Å². The van der Waals surface area contributed by atoms with Crippen molar-refractivity contribution < 1.29 is 9.59 Å². The van der Waals surface area contributed by atoms with Gasteiger partial charge in [-0.2, -0.15) is 0 Å². The van der Waals surface area contributed by atoms with Gasteiger partial charge in [0, 0.05) is 13.1 Å². The smallest absolute Gasteiger partial charge is 0.226 e. The summed E-state index contributed by atoms with van der Waals surface area (Å²) in [6.45, 7) is 5.93. The Morgan fingerprint density at radius 3 is 2.43 bits per heavy atom. The first-order valence-electron chi connectivity index (χ1n) is 8.70. The molecule has 2 aliphatic rings. The van der Waals surface area contributed by atoms with Gasteiger partial charge < -0.3 is 10.2 Å². The molecule has 1 saturated heterocycles. The Hall–Kier alpha value is -1.84. The average Bonchev–Trinajstić information content (AvgIpc) is 3.36. The predicted molar refractivity (Wildman–Crippen MR) is 89.6 cm³/mol. The number of piperidine rings is 1. The Balaban J connectivity index is 1.50. The van der Waals surface area contributed by atoms with Crippen LogP contribution >= 0.6 is 0 Å². The largest absolute Gasteiger partial charge is 0.349 e. The minimum Gasteiger partial charge on any atom is -0.349 e. The third-order valence-electron chi connectivity index (χ3n) is 5.20. The first kappa shape index (κ1) is 16.0. The van der Waals surface area contributed by atoms with Crippen molar-refractivity contribution in [2.75, 3.05) is 13.1 Å². The molecule has 1 saturated carbocycles. The minimum absolute atomic E-state index is 0.0177. The van der Waals surface area contributed by atoms with Gasteiger partial charge in [0.1, 0.15) is 0 Å². The Morgan fingerprint density at radius 1 is 1.13 bits per heavy atom. The maximum atomic E-state index is 12.5. The predicted octanol–water partition coefficient (Wildman–Crippen LogP) is 2.76. The minimum atomic E-state index is -0.131. The molecular formula is C19H26N2O2. The molecule has 124 valence electrons. The van der Waals surface area contributed by atoms with Crippen LogP contribution in [0.2, 0.25) is 0 Å². The number of hydrogen-bond donors (Lipinski definition) is 1. The average molecular weight is 314 g/mol. The van der Waals surface area contributed by atoms with E-state index in [2.05, 4.69) is 12.2 Å². The van der Waals surface area contributed by atoms with Gasteiger partial charge >= 0.3 is 0 Å². The van der Waals surface area contributed by atoms with Crippen LogP contribution in [-0.4, -0.2) is 29.8 Å². The highest BCUT2D eigenvalue weighted by atomic mass is 16.2. The molecule has 4 nitrogen and oxygen atoms in total. The summed E-state index contributed by atoms with van der Waals surface area (Å²) < 4.78 is 0. The monoisotopic (exact) mass is 314 g/mol. The van der Waals surface area contributed by atoms with Gasteiger partial charge in [-0.3, -0.25) is 9.59 Å². The molecule has 1 N–H and O–H groups in total. The summed E-state index contributed by atoms with van der Waals surface area (Å²) in [5.41, 5.74) is 1.09. The number of nitrogens with one attached hydrogen (secondary N) is 1. The van der Waals surface area contributed by atoms with E-state index in [9.17, 15) is 9.59 Å². The fourth-order valence-electron chi connectivity index (χ4n) is 3.37. The zero-order chi connectivity index (χ0) is 16.4. The molecule has 2 amide bonds. The second-order valence-corrected chi connectivity index (χ2v) is 7.10. The topological polar surface area (TPSA) is 49.4 Å². The van der Waals surface area contributed by atoms with Gasteiger partial charge in [0.25, 0.3) is 0 Å². The van der Waals surface area contributed by atoms with Crippen LogP contribution in [0, 0.1) is 17.8 Å². The zero-order valence-electron chi connectivity index (χ0n) is 14.0. The fraction of sp³-hybridized carbons (Fsp3) is 0.579. The number of rotatable bonds is 4. The first-order chi connectivity index (χ1) is 11.1. The molecule has 1 aliphatic carbocycles. The van der Waals surface area contributed by atoms with Gasteiger partial charge in [-0.15, -0.1) is 0 Å². The molecule has 3 unspecified atom stereocenters. The van der Waals surface area contributed by atoms with Crippen molar-refractivity contribution >= 4 is 11.8 Å². The third kappa shape index (κ3) is 3.74. The lowest BCUT2D eigenvalue weighted by molar-refractivity contribution is -0.136. The fourth-order valence-corrected chi connectivity index (χ4v) is 3.37. The molecule has 0 radical (unpaired) electrons. The zero-order valence-corrected chi connectivity index (χ0v) is 14.0. The molecule has 23 heavy (non-hydrogen) atoms. The van der Waals surface area contributed by atoms with E-state index in [1.54, 1.807) is 0 Å². The molecule has 3 atom stereocenters. The van der Waals surface area contributed by atoms with Crippen molar-refractivity contribution in [2.24, 2.45) is 17.8 Å². The standard InChI is InChI=1S/C19H26N2O2/c1-13-8-10-21(11-9-13)19(23)17-12-16(17)18(22)20-14(2)15-6-4-3-5-7-15/h3-7,13-14,16-17H,8-12H2,1-2H3,(H,20,22). The van der Waals surface area contributed by atoms with Crippen LogP contribution in [0.5, 0.6) is 0 Å². The van der Waals surface area contributed by atoms with Gasteiger partial charge in [0.15, 0.2) is 0 Å². The van der Waals surface area contributed by atoms with Crippen LogP contribution < -0.4 is 5.32 Å². The van der Waals surface area contributed by atoms with Gasteiger partial charge in [-0.1, -0.05) is 37.3 Å². The molecule has 3 rings (SSSR count). The van der Waals surface area contributed by atoms with Crippen LogP contribution in [0.1, 0.15) is 44.7 Å². The van der Waals surface area contributed by atoms with Crippen molar-refractivity contribution in [3.63, 3.8) is 0 Å². The summed E-state index contributed by atoms with van der Waals surface area (Å²) in [6.07, 6.45) is 2.87. The van der Waals surface area contributed by atoms with E-state index in [1.165, 1.54) is 0 Å². The van der Waals surface area contributed by atoms with Gasteiger partial charge in [-0.05, 0) is 37.7 Å². The van der Waals surface area contributed by atoms with Crippen molar-refractivity contribution in [2.45, 2.75) is 39.2 Å². The highest BCUT2D eigenvalue weighted by Gasteiger charge is 2.49. The van der Waals surface area contributed by atoms with Crippen LogP contribution in [0.25, 0.3) is 0 Å². The lowest BCUT2D eigenvalue weighted by Gasteiger charge is -2.30. The van der Waals surface area contributed by atoms with Gasteiger partial charge in [0.2, 0.25) is 11.8 Å². The summed E-state index contributed by atoms with van der Waals surface area (Å²) in [6, 6.07) is 9.91. The molecule has 0 aromatic heterocycles. The summed E-state index contributed by atoms with van der Waals surface area (Å²) in [5.74, 6) is 0.693. The Bertz CT molecular complexity index is 564. The van der Waals surface area contributed by atoms with E-state index < -0.39 is 0 Å². The Kier molecular flexibility index (Phi) is 4.69. The number of amides is 2. The highest BCUT2D eigenvalue weighted by Crippen LogP contribution is 2.41. The van der Waals surface area contributed by atoms with Crippen LogP contribution in [0.15, 0.2) is 30.3 Å². The molecule has 0 bridgehead atoms. The van der Waals surface area contributed by atoms with Crippen molar-refractivity contribution in [3.05, 3.63) is 35.9 Å². The molecular weight excluding hydrogens is 288 g/mol. The molecule has 2 fully saturated rings. The van der Waals surface area contributed by atoms with Crippen LogP contribution in [-0.2, 0) is 9.59 Å². The normalized spacial score (nSPS) is 25.7. The highest BCUT2D eigenvalue weighted by molar-refractivity contribution is 5.92. The quantitative estimate of drug-likeness (QED) is 0.929. The molecule has 0 spiro atoms. The van der Waals surface area contributed by atoms with Crippen molar-refractivity contribution in [1.82, 2.24) is 10.2 Å². The van der Waals surface area contributed by atoms with Crippen LogP contribution in [0.4, 0.5) is 0 Å². The molecule has 1 aromatic rings. The van der Waals surface area contributed by atoms with E-state index in [0.29, 0.717) is 12.3 Å². The number of nitrogens with zero attached hydrogens (tertiary/aromatic N) is 1. The summed E-state index contributed by atoms with van der Waals surface area (Å²) in [5, 5.41) is 3.04. The van der Waals surface area contributed by atoms with Crippen LogP contribution in [0.3, 0.4) is 0 Å². The number of hydrogen-bond acceptors (Lipinski definition) is 2. The second kappa shape index (κ2) is 6.73. The SMILES string of the molecule is CC1CCN(C(=O)C2CC2C(=O)NC(C)c2ccccc2)CC1. The third-order valence-corrected chi connectivity index (χ3v) is 5.20. The van der Waals surface area contributed by atoms with Crippen molar-refractivity contribution in [3.8, 4) is 0 Å².